The van der Waals surface area contributed by atoms with Crippen molar-refractivity contribution in [3.05, 3.63) is 29.8 Å². The first-order chi connectivity index (χ1) is 8.43. The summed E-state index contributed by atoms with van der Waals surface area (Å²) in [6.45, 7) is 0. The van der Waals surface area contributed by atoms with Crippen LogP contribution in [0.5, 0.6) is 5.75 Å². The minimum Gasteiger partial charge on any atom is -0.507 e. The van der Waals surface area contributed by atoms with Crippen LogP contribution in [0.2, 0.25) is 0 Å². The van der Waals surface area contributed by atoms with Gasteiger partial charge in [-0.25, -0.2) is 0 Å². The normalized spacial score (nSPS) is 13.4. The Morgan fingerprint density at radius 2 is 1.37 bits per heavy atom. The van der Waals surface area contributed by atoms with Crippen LogP contribution in [-0.4, -0.2) is 33.9 Å². The number of phenolic OH excluding ortho intramolecular Hbond substituents is 1. The molecule has 1 aromatic carbocycles. The highest BCUT2D eigenvalue weighted by molar-refractivity contribution is 6.05. The molecule has 0 radical (unpaired) electrons. The van der Waals surface area contributed by atoms with Gasteiger partial charge in [0.25, 0.3) is 0 Å². The monoisotopic (exact) mass is 288 g/mol. The summed E-state index contributed by atoms with van der Waals surface area (Å²) in [4.78, 5) is 11.3. The minimum absolute atomic E-state index is 0.542. The maximum Gasteiger partial charge on any atom is 0.434 e. The fourth-order valence-corrected chi connectivity index (χ4v) is 1.28. The summed E-state index contributed by atoms with van der Waals surface area (Å²) in [5, 5.41) is 17.9. The van der Waals surface area contributed by atoms with Gasteiger partial charge in [0.15, 0.2) is 0 Å². The number of carbonyl (C=O) groups excluding carboxylic acids is 1. The number of hydrogen-bond donors (Lipinski definition) is 2. The molecule has 0 atom stereocenters. The van der Waals surface area contributed by atoms with E-state index in [9.17, 15) is 31.1 Å². The van der Waals surface area contributed by atoms with Gasteiger partial charge < -0.3 is 10.2 Å². The van der Waals surface area contributed by atoms with Crippen molar-refractivity contribution in [2.45, 2.75) is 18.0 Å². The van der Waals surface area contributed by atoms with Crippen LogP contribution in [-0.2, 0) is 0 Å². The predicted octanol–water partition coefficient (Wildman–Crippen LogP) is 2.43. The molecule has 2 N–H and O–H groups in total. The molecule has 0 saturated carbocycles. The van der Waals surface area contributed by atoms with Crippen LogP contribution in [0.15, 0.2) is 24.3 Å². The third-order valence-corrected chi connectivity index (χ3v) is 2.30. The molecule has 0 fully saturated rings. The van der Waals surface area contributed by atoms with E-state index in [1.807, 2.05) is 0 Å². The number of carbonyl (C=O) groups is 1. The highest BCUT2D eigenvalue weighted by Gasteiger charge is 2.75. The van der Waals surface area contributed by atoms with Crippen LogP contribution < -0.4 is 0 Å². The average Bonchev–Trinajstić information content (AvgIpc) is 2.24. The van der Waals surface area contributed by atoms with Gasteiger partial charge in [0, 0.05) is 0 Å². The summed E-state index contributed by atoms with van der Waals surface area (Å²) in [5.74, 6) is -3.79. The molecule has 0 unspecified atom stereocenters. The lowest BCUT2D eigenvalue weighted by molar-refractivity contribution is -0.342. The molecule has 0 heterocycles. The number of aromatic hydroxyl groups is 1. The summed E-state index contributed by atoms with van der Waals surface area (Å²) < 4.78 is 74.4. The van der Waals surface area contributed by atoms with Crippen molar-refractivity contribution >= 4 is 5.78 Å². The summed E-state index contributed by atoms with van der Waals surface area (Å²) in [6, 6.07) is 3.30. The molecular weight excluding hydrogens is 282 g/mol. The molecule has 0 aliphatic rings. The molecule has 1 aromatic rings. The first kappa shape index (κ1) is 15.3. The van der Waals surface area contributed by atoms with E-state index in [4.69, 9.17) is 10.2 Å². The van der Waals surface area contributed by atoms with Gasteiger partial charge in [0.1, 0.15) is 5.75 Å². The van der Waals surface area contributed by atoms with Gasteiger partial charge in [0.2, 0.25) is 5.78 Å². The topological polar surface area (TPSA) is 57.5 Å². The Bertz CT molecular complexity index is 477. The summed E-state index contributed by atoms with van der Waals surface area (Å²) in [5.41, 5.74) is -6.85. The quantitative estimate of drug-likeness (QED) is 0.649. The van der Waals surface area contributed by atoms with Crippen LogP contribution in [0.1, 0.15) is 10.4 Å². The smallest absolute Gasteiger partial charge is 0.434 e. The second kappa shape index (κ2) is 4.41. The molecule has 0 saturated heterocycles. The van der Waals surface area contributed by atoms with Crippen molar-refractivity contribution in [2.75, 3.05) is 0 Å². The number of alkyl halides is 6. The number of Topliss-reactive ketones (excluding diaryl/α,β-unsaturated/α-hetero) is 1. The molecule has 0 aliphatic heterocycles. The molecule has 3 nitrogen and oxygen atoms in total. The summed E-state index contributed by atoms with van der Waals surface area (Å²) in [6.07, 6.45) is -12.5. The zero-order chi connectivity index (χ0) is 15.1. The van der Waals surface area contributed by atoms with Gasteiger partial charge in [-0.2, -0.15) is 26.3 Å². The first-order valence-corrected chi connectivity index (χ1v) is 4.61. The molecule has 0 aliphatic carbocycles. The van der Waals surface area contributed by atoms with E-state index in [0.29, 0.717) is 6.07 Å². The molecule has 0 aromatic heterocycles. The van der Waals surface area contributed by atoms with Crippen molar-refractivity contribution in [1.29, 1.82) is 0 Å². The van der Waals surface area contributed by atoms with Crippen LogP contribution in [0.25, 0.3) is 0 Å². The summed E-state index contributed by atoms with van der Waals surface area (Å²) >= 11 is 0. The fraction of sp³-hybridized carbons (Fsp3) is 0.300. The zero-order valence-electron chi connectivity index (χ0n) is 8.88. The number of benzene rings is 1. The van der Waals surface area contributed by atoms with Crippen LogP contribution in [0.4, 0.5) is 26.3 Å². The standard InChI is InChI=1S/C10H6F6O3/c11-9(12,13)8(19,10(14,15)16)7(18)5-3-1-2-4-6(5)17/h1-4,17,19H. The number of rotatable bonds is 2. The SMILES string of the molecule is O=C(c1ccccc1O)C(O)(C(F)(F)F)C(F)(F)F. The fourth-order valence-electron chi connectivity index (χ4n) is 1.28. The van der Waals surface area contributed by atoms with Gasteiger partial charge in [-0.1, -0.05) is 12.1 Å². The third-order valence-electron chi connectivity index (χ3n) is 2.30. The van der Waals surface area contributed by atoms with Crippen LogP contribution >= 0.6 is 0 Å². The molecule has 0 spiro atoms. The number of halogens is 6. The van der Waals surface area contributed by atoms with Gasteiger partial charge in [-0.3, -0.25) is 4.79 Å². The molecule has 9 heteroatoms. The number of hydrogen-bond acceptors (Lipinski definition) is 3. The van der Waals surface area contributed by atoms with Gasteiger partial charge in [-0.15, -0.1) is 0 Å². The Hall–Kier alpha value is -1.77. The largest absolute Gasteiger partial charge is 0.507 e. The maximum absolute atomic E-state index is 12.4. The lowest BCUT2D eigenvalue weighted by Crippen LogP contribution is -2.62. The molecule has 0 amide bonds. The maximum atomic E-state index is 12.4. The van der Waals surface area contributed by atoms with Gasteiger partial charge in [-0.05, 0) is 12.1 Å². The van der Waals surface area contributed by atoms with E-state index in [-0.39, 0.29) is 0 Å². The van der Waals surface area contributed by atoms with Crippen LogP contribution in [0.3, 0.4) is 0 Å². The highest BCUT2D eigenvalue weighted by Crippen LogP contribution is 2.45. The molecule has 0 bridgehead atoms. The Labute approximate surface area is 102 Å². The van der Waals surface area contributed by atoms with Gasteiger partial charge in [0.05, 0.1) is 5.56 Å². The van der Waals surface area contributed by atoms with Crippen molar-refractivity contribution in [2.24, 2.45) is 0 Å². The lowest BCUT2D eigenvalue weighted by Gasteiger charge is -2.30. The van der Waals surface area contributed by atoms with Crippen LogP contribution in [0, 0.1) is 0 Å². The van der Waals surface area contributed by atoms with E-state index in [2.05, 4.69) is 0 Å². The molecule has 19 heavy (non-hydrogen) atoms. The van der Waals surface area contributed by atoms with E-state index < -0.39 is 35.0 Å². The van der Waals surface area contributed by atoms with Crippen molar-refractivity contribution in [3.8, 4) is 5.75 Å². The van der Waals surface area contributed by atoms with E-state index >= 15 is 0 Å². The van der Waals surface area contributed by atoms with Crippen molar-refractivity contribution in [1.82, 2.24) is 0 Å². The van der Waals surface area contributed by atoms with Gasteiger partial charge >= 0.3 is 18.0 Å². The first-order valence-electron chi connectivity index (χ1n) is 4.61. The second-order valence-corrected chi connectivity index (χ2v) is 3.55. The Morgan fingerprint density at radius 3 is 1.74 bits per heavy atom. The number of aliphatic hydroxyl groups is 1. The highest BCUT2D eigenvalue weighted by atomic mass is 19.4. The number of ketones is 1. The zero-order valence-corrected chi connectivity index (χ0v) is 8.88. The second-order valence-electron chi connectivity index (χ2n) is 3.55. The van der Waals surface area contributed by atoms with E-state index in [1.165, 1.54) is 0 Å². The van der Waals surface area contributed by atoms with E-state index in [1.54, 1.807) is 0 Å². The summed E-state index contributed by atoms with van der Waals surface area (Å²) in [7, 11) is 0. The number of para-hydroxylation sites is 1. The van der Waals surface area contributed by atoms with Crippen molar-refractivity contribution < 1.29 is 41.4 Å². The lowest BCUT2D eigenvalue weighted by atomic mass is 9.91. The number of phenols is 1. The minimum atomic E-state index is -6.27. The van der Waals surface area contributed by atoms with E-state index in [0.717, 1.165) is 18.2 Å². The molecule has 1 rings (SSSR count). The Morgan fingerprint density at radius 1 is 0.947 bits per heavy atom. The Kier molecular flexibility index (Phi) is 3.55. The molecular formula is C10H6F6O3. The molecule has 106 valence electrons. The predicted molar refractivity (Wildman–Crippen MR) is 49.5 cm³/mol. The Balaban J connectivity index is 3.46. The average molecular weight is 288 g/mol. The van der Waals surface area contributed by atoms with Crippen molar-refractivity contribution in [3.63, 3.8) is 0 Å². The third kappa shape index (κ3) is 2.37.